The molecule has 1 aliphatic rings. The first-order valence-corrected chi connectivity index (χ1v) is 7.65. The first-order valence-electron chi connectivity index (χ1n) is 7.11. The van der Waals surface area contributed by atoms with Crippen LogP contribution < -0.4 is 4.74 Å². The van der Waals surface area contributed by atoms with Crippen LogP contribution in [0, 0.1) is 5.41 Å². The van der Waals surface area contributed by atoms with E-state index in [0.29, 0.717) is 17.2 Å². The van der Waals surface area contributed by atoms with E-state index in [2.05, 4.69) is 21.5 Å². The van der Waals surface area contributed by atoms with E-state index < -0.39 is 0 Å². The molecule has 20 heavy (non-hydrogen) atoms. The minimum Gasteiger partial charge on any atom is -0.481 e. The summed E-state index contributed by atoms with van der Waals surface area (Å²) >= 11 is 6.07. The maximum atomic E-state index is 6.07. The number of rotatable bonds is 4. The molecule has 0 spiro atoms. The van der Waals surface area contributed by atoms with E-state index in [1.165, 1.54) is 25.7 Å². The van der Waals surface area contributed by atoms with Crippen LogP contribution in [0.15, 0.2) is 12.1 Å². The molecule has 4 nitrogen and oxygen atoms in total. The third kappa shape index (κ3) is 2.37. The summed E-state index contributed by atoms with van der Waals surface area (Å²) in [7, 11) is 1.63. The van der Waals surface area contributed by atoms with Gasteiger partial charge in [0.1, 0.15) is 11.3 Å². The number of hydrogen-bond acceptors (Lipinski definition) is 3. The quantitative estimate of drug-likeness (QED) is 0.806. The molecule has 5 heteroatoms. The Morgan fingerprint density at radius 2 is 2.05 bits per heavy atom. The number of imidazole rings is 1. The van der Waals surface area contributed by atoms with Gasteiger partial charge in [0.15, 0.2) is 5.65 Å². The fraction of sp³-hybridized carbons (Fsp3) is 0.600. The highest BCUT2D eigenvalue weighted by molar-refractivity contribution is 6.16. The number of fused-ring (bicyclic) bond motifs is 1. The topological polar surface area (TPSA) is 39.9 Å². The standard InChI is InChI=1S/C15H20ClN3O/c1-15(7-3-4-8-15)10-19-12(9-16)17-11-5-6-13(20-2)18-14(11)19/h5-6H,3-4,7-10H2,1-2H3. The summed E-state index contributed by atoms with van der Waals surface area (Å²) in [6.07, 6.45) is 5.16. The molecule has 2 aromatic heterocycles. The normalized spacial score (nSPS) is 17.8. The van der Waals surface area contributed by atoms with Crippen LogP contribution in [-0.4, -0.2) is 21.6 Å². The van der Waals surface area contributed by atoms with E-state index in [1.54, 1.807) is 7.11 Å². The van der Waals surface area contributed by atoms with Crippen molar-refractivity contribution in [1.82, 2.24) is 14.5 Å². The van der Waals surface area contributed by atoms with Crippen molar-refractivity contribution in [2.45, 2.75) is 45.0 Å². The number of pyridine rings is 1. The van der Waals surface area contributed by atoms with E-state index in [4.69, 9.17) is 16.3 Å². The van der Waals surface area contributed by atoms with Gasteiger partial charge in [-0.15, -0.1) is 11.6 Å². The average molecular weight is 294 g/mol. The Hall–Kier alpha value is -1.29. The molecule has 1 fully saturated rings. The lowest BCUT2D eigenvalue weighted by atomic mass is 9.89. The lowest BCUT2D eigenvalue weighted by Gasteiger charge is -2.25. The smallest absolute Gasteiger partial charge is 0.215 e. The van der Waals surface area contributed by atoms with Crippen LogP contribution in [-0.2, 0) is 12.4 Å². The summed E-state index contributed by atoms with van der Waals surface area (Å²) in [6, 6.07) is 3.79. The largest absolute Gasteiger partial charge is 0.481 e. The number of ether oxygens (including phenoxy) is 1. The predicted octanol–water partition coefficient (Wildman–Crippen LogP) is 3.76. The van der Waals surface area contributed by atoms with Crippen LogP contribution >= 0.6 is 11.6 Å². The van der Waals surface area contributed by atoms with Crippen molar-refractivity contribution < 1.29 is 4.74 Å². The molecule has 1 saturated carbocycles. The second-order valence-electron chi connectivity index (χ2n) is 5.96. The summed E-state index contributed by atoms with van der Waals surface area (Å²) in [6.45, 7) is 3.29. The molecule has 0 radical (unpaired) electrons. The third-order valence-corrected chi connectivity index (χ3v) is 4.56. The number of hydrogen-bond donors (Lipinski definition) is 0. The lowest BCUT2D eigenvalue weighted by Crippen LogP contribution is -2.21. The molecule has 0 unspecified atom stereocenters. The van der Waals surface area contributed by atoms with Gasteiger partial charge in [0.25, 0.3) is 0 Å². The van der Waals surface area contributed by atoms with Crippen molar-refractivity contribution in [1.29, 1.82) is 0 Å². The predicted molar refractivity (Wildman–Crippen MR) is 80.2 cm³/mol. The molecule has 0 atom stereocenters. The third-order valence-electron chi connectivity index (χ3n) is 4.32. The monoisotopic (exact) mass is 293 g/mol. The Morgan fingerprint density at radius 1 is 1.30 bits per heavy atom. The average Bonchev–Trinajstić information content (AvgIpc) is 3.03. The van der Waals surface area contributed by atoms with Crippen molar-refractivity contribution in [3.05, 3.63) is 18.0 Å². The van der Waals surface area contributed by atoms with Crippen molar-refractivity contribution in [3.8, 4) is 5.88 Å². The zero-order valence-corrected chi connectivity index (χ0v) is 12.8. The van der Waals surface area contributed by atoms with Crippen molar-refractivity contribution in [2.75, 3.05) is 7.11 Å². The molecule has 3 rings (SSSR count). The molecule has 0 aliphatic heterocycles. The number of nitrogens with zero attached hydrogens (tertiary/aromatic N) is 3. The SMILES string of the molecule is COc1ccc2nc(CCl)n(CC3(C)CCCC3)c2n1. The highest BCUT2D eigenvalue weighted by Crippen LogP contribution is 2.40. The molecule has 108 valence electrons. The lowest BCUT2D eigenvalue weighted by molar-refractivity contribution is 0.281. The summed E-state index contributed by atoms with van der Waals surface area (Å²) < 4.78 is 7.41. The second-order valence-corrected chi connectivity index (χ2v) is 6.23. The van der Waals surface area contributed by atoms with Crippen molar-refractivity contribution in [2.24, 2.45) is 5.41 Å². The molecule has 0 amide bonds. The fourth-order valence-corrected chi connectivity index (χ4v) is 3.39. The highest BCUT2D eigenvalue weighted by atomic mass is 35.5. The maximum Gasteiger partial charge on any atom is 0.215 e. The Labute approximate surface area is 124 Å². The molecule has 0 N–H and O–H groups in total. The van der Waals surface area contributed by atoms with Crippen LogP contribution in [0.4, 0.5) is 0 Å². The Balaban J connectivity index is 2.06. The molecule has 2 heterocycles. The van der Waals surface area contributed by atoms with Gasteiger partial charge < -0.3 is 9.30 Å². The van der Waals surface area contributed by atoms with Gasteiger partial charge in [-0.3, -0.25) is 0 Å². The van der Waals surface area contributed by atoms with E-state index in [9.17, 15) is 0 Å². The fourth-order valence-electron chi connectivity index (χ4n) is 3.18. The molecular weight excluding hydrogens is 274 g/mol. The van der Waals surface area contributed by atoms with Crippen LogP contribution in [0.2, 0.25) is 0 Å². The minimum atomic E-state index is 0.333. The van der Waals surface area contributed by atoms with Crippen molar-refractivity contribution >= 4 is 22.8 Å². The summed E-state index contributed by atoms with van der Waals surface area (Å²) in [5.41, 5.74) is 2.11. The summed E-state index contributed by atoms with van der Waals surface area (Å²) in [5, 5.41) is 0. The van der Waals surface area contributed by atoms with Gasteiger partial charge in [0.05, 0.1) is 13.0 Å². The van der Waals surface area contributed by atoms with Crippen LogP contribution in [0.25, 0.3) is 11.2 Å². The molecule has 0 saturated heterocycles. The number of aromatic nitrogens is 3. The molecule has 0 aromatic carbocycles. The number of halogens is 1. The van der Waals surface area contributed by atoms with Crippen LogP contribution in [0.1, 0.15) is 38.4 Å². The first-order chi connectivity index (χ1) is 9.65. The van der Waals surface area contributed by atoms with Crippen LogP contribution in [0.5, 0.6) is 5.88 Å². The van der Waals surface area contributed by atoms with E-state index >= 15 is 0 Å². The number of alkyl halides is 1. The van der Waals surface area contributed by atoms with Gasteiger partial charge >= 0.3 is 0 Å². The first kappa shape index (κ1) is 13.7. The Bertz CT molecular complexity index is 617. The summed E-state index contributed by atoms with van der Waals surface area (Å²) in [5.74, 6) is 1.93. The molecule has 0 bridgehead atoms. The number of methoxy groups -OCH3 is 1. The van der Waals surface area contributed by atoms with Gasteiger partial charge in [0.2, 0.25) is 5.88 Å². The van der Waals surface area contributed by atoms with Gasteiger partial charge in [-0.05, 0) is 24.3 Å². The molecule has 2 aromatic rings. The highest BCUT2D eigenvalue weighted by Gasteiger charge is 2.30. The molecule has 1 aliphatic carbocycles. The Morgan fingerprint density at radius 3 is 2.70 bits per heavy atom. The van der Waals surface area contributed by atoms with Gasteiger partial charge in [-0.1, -0.05) is 19.8 Å². The second kappa shape index (κ2) is 5.24. The zero-order chi connectivity index (χ0) is 14.2. The van der Waals surface area contributed by atoms with Gasteiger partial charge in [0, 0.05) is 12.6 Å². The van der Waals surface area contributed by atoms with E-state index in [-0.39, 0.29) is 0 Å². The Kier molecular flexibility index (Phi) is 3.59. The van der Waals surface area contributed by atoms with E-state index in [0.717, 1.165) is 23.5 Å². The van der Waals surface area contributed by atoms with E-state index in [1.807, 2.05) is 12.1 Å². The molecular formula is C15H20ClN3O. The van der Waals surface area contributed by atoms with Crippen LogP contribution in [0.3, 0.4) is 0 Å². The van der Waals surface area contributed by atoms with Gasteiger partial charge in [-0.2, -0.15) is 4.98 Å². The zero-order valence-electron chi connectivity index (χ0n) is 12.0. The van der Waals surface area contributed by atoms with Gasteiger partial charge in [-0.25, -0.2) is 4.98 Å². The minimum absolute atomic E-state index is 0.333. The van der Waals surface area contributed by atoms with Crippen molar-refractivity contribution in [3.63, 3.8) is 0 Å². The maximum absolute atomic E-state index is 6.07. The summed E-state index contributed by atoms with van der Waals surface area (Å²) in [4.78, 5) is 9.15.